The Morgan fingerprint density at radius 1 is 1.09 bits per heavy atom. The van der Waals surface area contributed by atoms with Gasteiger partial charge in [0.1, 0.15) is 11.4 Å². The van der Waals surface area contributed by atoms with E-state index >= 15 is 0 Å². The van der Waals surface area contributed by atoms with Crippen LogP contribution in [0.1, 0.15) is 83.0 Å². The van der Waals surface area contributed by atoms with E-state index in [9.17, 15) is 9.59 Å². The Hall–Kier alpha value is -4.34. The van der Waals surface area contributed by atoms with Crippen LogP contribution in [0.25, 0.3) is 28.0 Å². The van der Waals surface area contributed by atoms with Crippen LogP contribution in [0.5, 0.6) is 0 Å². The summed E-state index contributed by atoms with van der Waals surface area (Å²) < 4.78 is 7.29. The number of pyridine rings is 3. The van der Waals surface area contributed by atoms with Crippen LogP contribution >= 0.6 is 0 Å². The maximum atomic E-state index is 14.2. The minimum atomic E-state index is -0.574. The zero-order chi connectivity index (χ0) is 31.3. The highest BCUT2D eigenvalue weighted by molar-refractivity contribution is 5.92. The molecule has 10 nitrogen and oxygen atoms in total. The molecule has 0 bridgehead atoms. The van der Waals surface area contributed by atoms with E-state index in [1.165, 1.54) is 0 Å². The number of anilines is 1. The fraction of sp³-hybridized carbons (Fsp3) is 0.471. The van der Waals surface area contributed by atoms with Crippen LogP contribution in [-0.2, 0) is 4.74 Å². The lowest BCUT2D eigenvalue weighted by atomic mass is 10.0. The van der Waals surface area contributed by atoms with Crippen LogP contribution in [-0.4, -0.2) is 66.8 Å². The van der Waals surface area contributed by atoms with E-state index in [4.69, 9.17) is 14.7 Å². The normalized spacial score (nSPS) is 17.4. The van der Waals surface area contributed by atoms with Gasteiger partial charge in [-0.2, -0.15) is 4.98 Å². The zero-order valence-corrected chi connectivity index (χ0v) is 26.7. The summed E-state index contributed by atoms with van der Waals surface area (Å²) in [7, 11) is 0. The van der Waals surface area contributed by atoms with Gasteiger partial charge < -0.3 is 14.5 Å². The predicted molar refractivity (Wildman–Crippen MR) is 172 cm³/mol. The number of hydrogen-bond acceptors (Lipinski definition) is 8. The Bertz CT molecular complexity index is 1770. The first-order chi connectivity index (χ1) is 20.9. The molecule has 0 spiro atoms. The van der Waals surface area contributed by atoms with E-state index in [0.717, 1.165) is 52.0 Å². The van der Waals surface area contributed by atoms with Gasteiger partial charge in [0.15, 0.2) is 5.65 Å². The summed E-state index contributed by atoms with van der Waals surface area (Å²) in [6.07, 6.45) is 7.22. The van der Waals surface area contributed by atoms with Crippen LogP contribution in [0.2, 0.25) is 0 Å². The highest BCUT2D eigenvalue weighted by atomic mass is 16.6. The van der Waals surface area contributed by atoms with Gasteiger partial charge in [0.05, 0.1) is 22.5 Å². The third-order valence-corrected chi connectivity index (χ3v) is 8.31. The van der Waals surface area contributed by atoms with E-state index in [-0.39, 0.29) is 18.1 Å². The van der Waals surface area contributed by atoms with E-state index in [0.29, 0.717) is 37.0 Å². The van der Waals surface area contributed by atoms with Crippen LogP contribution in [0.4, 0.5) is 10.6 Å². The average molecular weight is 596 g/mol. The van der Waals surface area contributed by atoms with Gasteiger partial charge in [-0.05, 0) is 94.7 Å². The van der Waals surface area contributed by atoms with Gasteiger partial charge in [0.25, 0.3) is 0 Å². The van der Waals surface area contributed by atoms with E-state index in [1.54, 1.807) is 21.9 Å². The van der Waals surface area contributed by atoms with Gasteiger partial charge in [0.2, 0.25) is 0 Å². The molecule has 10 heteroatoms. The maximum absolute atomic E-state index is 14.2. The van der Waals surface area contributed by atoms with Crippen LogP contribution < -0.4 is 10.6 Å². The second kappa shape index (κ2) is 11.3. The highest BCUT2D eigenvalue weighted by Gasteiger charge is 2.34. The Labute approximate surface area is 258 Å². The van der Waals surface area contributed by atoms with Crippen molar-refractivity contribution in [3.05, 3.63) is 70.2 Å². The number of piperazine rings is 1. The first-order valence-corrected chi connectivity index (χ1v) is 15.5. The number of aryl methyl sites for hydroxylation is 1. The average Bonchev–Trinajstić information content (AvgIpc) is 3.82. The third kappa shape index (κ3) is 5.65. The number of fused-ring (bicyclic) bond motifs is 1. The number of rotatable bonds is 5. The molecule has 1 aliphatic heterocycles. The van der Waals surface area contributed by atoms with Crippen molar-refractivity contribution in [1.29, 1.82) is 0 Å². The molecule has 44 heavy (non-hydrogen) atoms. The van der Waals surface area contributed by atoms with Crippen LogP contribution in [0.3, 0.4) is 0 Å². The van der Waals surface area contributed by atoms with Crippen molar-refractivity contribution in [2.45, 2.75) is 84.8 Å². The lowest BCUT2D eigenvalue weighted by molar-refractivity contribution is 0.0218. The minimum absolute atomic E-state index is 0.0796. The van der Waals surface area contributed by atoms with Gasteiger partial charge in [-0.3, -0.25) is 9.97 Å². The maximum Gasteiger partial charge on any atom is 0.410 e. The molecular formula is C34H41N7O3. The number of ether oxygens (including phenoxy) is 1. The molecular weight excluding hydrogens is 554 g/mol. The molecule has 4 aromatic rings. The molecule has 1 unspecified atom stereocenters. The van der Waals surface area contributed by atoms with E-state index in [1.807, 2.05) is 52.1 Å². The predicted octanol–water partition coefficient (Wildman–Crippen LogP) is 5.99. The largest absolute Gasteiger partial charge is 0.444 e. The lowest BCUT2D eigenvalue weighted by Gasteiger charge is -2.41. The Kier molecular flexibility index (Phi) is 7.63. The number of carbonyl (C=O) groups is 1. The molecule has 0 aromatic carbocycles. The number of hydrogen-bond donors (Lipinski definition) is 0. The van der Waals surface area contributed by atoms with Gasteiger partial charge >= 0.3 is 11.8 Å². The Balaban J connectivity index is 1.56. The molecule has 4 aromatic heterocycles. The molecule has 6 rings (SSSR count). The smallest absolute Gasteiger partial charge is 0.410 e. The fourth-order valence-corrected chi connectivity index (χ4v) is 6.06. The first kappa shape index (κ1) is 29.7. The second-order valence-corrected chi connectivity index (χ2v) is 13.4. The van der Waals surface area contributed by atoms with Crippen LogP contribution in [0.15, 0.2) is 47.7 Å². The molecule has 1 saturated heterocycles. The Morgan fingerprint density at radius 3 is 2.50 bits per heavy atom. The van der Waals surface area contributed by atoms with E-state index in [2.05, 4.69) is 41.7 Å². The molecule has 1 amide bonds. The molecule has 1 aliphatic carbocycles. The molecule has 1 atom stereocenters. The number of amides is 1. The Morgan fingerprint density at radius 2 is 1.86 bits per heavy atom. The summed E-state index contributed by atoms with van der Waals surface area (Å²) in [5, 5.41) is 0.815. The highest BCUT2D eigenvalue weighted by Crippen LogP contribution is 2.45. The molecule has 0 radical (unpaired) electrons. The van der Waals surface area contributed by atoms with Crippen molar-refractivity contribution in [2.75, 3.05) is 24.5 Å². The van der Waals surface area contributed by atoms with Crippen molar-refractivity contribution >= 4 is 22.9 Å². The third-order valence-electron chi connectivity index (χ3n) is 8.31. The fourth-order valence-electron chi connectivity index (χ4n) is 6.06. The molecule has 0 N–H and O–H groups in total. The number of carbonyl (C=O) groups excluding carboxylic acids is 1. The summed E-state index contributed by atoms with van der Waals surface area (Å²) in [4.78, 5) is 50.1. The van der Waals surface area contributed by atoms with Gasteiger partial charge in [-0.15, -0.1) is 0 Å². The molecule has 1 saturated carbocycles. The minimum Gasteiger partial charge on any atom is -0.444 e. The zero-order valence-electron chi connectivity index (χ0n) is 26.7. The van der Waals surface area contributed by atoms with Crippen LogP contribution in [0, 0.1) is 6.92 Å². The lowest BCUT2D eigenvalue weighted by Crippen LogP contribution is -2.55. The van der Waals surface area contributed by atoms with Gasteiger partial charge in [-0.1, -0.05) is 13.8 Å². The SMILES string of the molecule is Cc1ccnc(C(C)C)c1-n1c(=O)nc(N2CCN(C(=O)OC(C)(C)C)CC2C)c2cc(C3CC3)c(-c3cccnc3)nc21. The van der Waals surface area contributed by atoms with Crippen molar-refractivity contribution in [3.63, 3.8) is 0 Å². The van der Waals surface area contributed by atoms with Gasteiger partial charge in [-0.25, -0.2) is 19.1 Å². The molecule has 2 aliphatic rings. The van der Waals surface area contributed by atoms with Gasteiger partial charge in [0, 0.05) is 49.8 Å². The topological polar surface area (TPSA) is 106 Å². The van der Waals surface area contributed by atoms with E-state index < -0.39 is 11.3 Å². The summed E-state index contributed by atoms with van der Waals surface area (Å²) in [5.41, 5.74) is 4.94. The first-order valence-electron chi connectivity index (χ1n) is 15.5. The standard InChI is InChI=1S/C34H41N7O3/c1-20(2)27-29(21(3)12-14-36-27)41-31-26(17-25(23-10-11-23)28(37-31)24-9-8-13-35-18-24)30(38-32(41)42)40-16-15-39(19-22(40)4)33(43)44-34(5,6)7/h8-9,12-14,17-18,20,22-23H,10-11,15-16,19H2,1-7H3. The monoisotopic (exact) mass is 595 g/mol. The number of aromatic nitrogens is 5. The summed E-state index contributed by atoms with van der Waals surface area (Å²) >= 11 is 0. The molecule has 5 heterocycles. The number of nitrogens with zero attached hydrogens (tertiary/aromatic N) is 7. The summed E-state index contributed by atoms with van der Waals surface area (Å²) in [6.45, 7) is 15.2. The second-order valence-electron chi connectivity index (χ2n) is 13.4. The van der Waals surface area contributed by atoms with Crippen molar-refractivity contribution in [1.82, 2.24) is 29.4 Å². The quantitative estimate of drug-likeness (QED) is 0.277. The van der Waals surface area contributed by atoms with Crippen molar-refractivity contribution in [3.8, 4) is 16.9 Å². The van der Waals surface area contributed by atoms with Crippen molar-refractivity contribution in [2.24, 2.45) is 0 Å². The summed E-state index contributed by atoms with van der Waals surface area (Å²) in [5.74, 6) is 1.07. The molecule has 2 fully saturated rings. The summed E-state index contributed by atoms with van der Waals surface area (Å²) in [6, 6.07) is 7.94. The molecule has 230 valence electrons. The van der Waals surface area contributed by atoms with Crippen molar-refractivity contribution < 1.29 is 9.53 Å².